The fourth-order valence-electron chi connectivity index (χ4n) is 1.91. The highest BCUT2D eigenvalue weighted by Crippen LogP contribution is 2.27. The van der Waals surface area contributed by atoms with E-state index < -0.39 is 6.10 Å². The van der Waals surface area contributed by atoms with Crippen LogP contribution in [0.4, 0.5) is 0 Å². The quantitative estimate of drug-likeness (QED) is 0.785. The zero-order valence-electron chi connectivity index (χ0n) is 10.0. The van der Waals surface area contributed by atoms with Crippen LogP contribution in [0.3, 0.4) is 0 Å². The summed E-state index contributed by atoms with van der Waals surface area (Å²) in [7, 11) is 0. The highest BCUT2D eigenvalue weighted by molar-refractivity contribution is 14.1. The van der Waals surface area contributed by atoms with Crippen LogP contribution in [-0.2, 0) is 6.42 Å². The Hall–Kier alpha value is -0.580. The molecule has 0 amide bonds. The molecule has 2 rings (SSSR count). The molecule has 0 heterocycles. The molecule has 2 aromatic rings. The van der Waals surface area contributed by atoms with Crippen molar-refractivity contribution in [2.24, 2.45) is 0 Å². The number of halogens is 2. The van der Waals surface area contributed by atoms with Crippen molar-refractivity contribution >= 4 is 34.2 Å². The second-order valence-electron chi connectivity index (χ2n) is 4.29. The average molecular weight is 373 g/mol. The predicted molar refractivity (Wildman–Crippen MR) is 84.0 cm³/mol. The molecule has 1 nitrogen and oxygen atoms in total. The van der Waals surface area contributed by atoms with E-state index in [-0.39, 0.29) is 0 Å². The van der Waals surface area contributed by atoms with Crippen LogP contribution in [0.1, 0.15) is 22.8 Å². The summed E-state index contributed by atoms with van der Waals surface area (Å²) in [4.78, 5) is 0. The molecule has 0 bridgehead atoms. The summed E-state index contributed by atoms with van der Waals surface area (Å²) >= 11 is 8.39. The molecule has 0 radical (unpaired) electrons. The van der Waals surface area contributed by atoms with Gasteiger partial charge >= 0.3 is 0 Å². The lowest BCUT2D eigenvalue weighted by Crippen LogP contribution is -2.05. The maximum absolute atomic E-state index is 10.3. The van der Waals surface area contributed by atoms with Crippen molar-refractivity contribution in [3.05, 3.63) is 67.7 Å². The first-order chi connectivity index (χ1) is 8.59. The zero-order valence-corrected chi connectivity index (χ0v) is 12.9. The largest absolute Gasteiger partial charge is 0.388 e. The molecule has 0 aliphatic heterocycles. The molecule has 1 atom stereocenters. The number of aryl methyl sites for hydroxylation is 1. The van der Waals surface area contributed by atoms with Gasteiger partial charge in [0.15, 0.2) is 0 Å². The summed E-state index contributed by atoms with van der Waals surface area (Å²) in [5, 5.41) is 11.0. The van der Waals surface area contributed by atoms with E-state index in [0.29, 0.717) is 11.4 Å². The number of hydrogen-bond acceptors (Lipinski definition) is 1. The molecule has 0 aliphatic carbocycles. The van der Waals surface area contributed by atoms with Gasteiger partial charge in [0.2, 0.25) is 0 Å². The van der Waals surface area contributed by atoms with Gasteiger partial charge in [-0.2, -0.15) is 0 Å². The molecule has 18 heavy (non-hydrogen) atoms. The van der Waals surface area contributed by atoms with Crippen molar-refractivity contribution in [1.29, 1.82) is 0 Å². The van der Waals surface area contributed by atoms with E-state index in [4.69, 9.17) is 11.6 Å². The van der Waals surface area contributed by atoms with Gasteiger partial charge in [-0.1, -0.05) is 48.0 Å². The summed E-state index contributed by atoms with van der Waals surface area (Å²) in [5.74, 6) is 0. The van der Waals surface area contributed by atoms with Crippen LogP contribution in [-0.4, -0.2) is 5.11 Å². The van der Waals surface area contributed by atoms with Crippen LogP contribution in [0.15, 0.2) is 42.5 Å². The van der Waals surface area contributed by atoms with Gasteiger partial charge in [-0.3, -0.25) is 0 Å². The third-order valence-corrected chi connectivity index (χ3v) is 4.79. The molecular weight excluding hydrogens is 359 g/mol. The molecule has 2 aromatic carbocycles. The lowest BCUT2D eigenvalue weighted by molar-refractivity contribution is 0.177. The summed E-state index contributed by atoms with van der Waals surface area (Å²) in [5.41, 5.74) is 3.13. The Morgan fingerprint density at radius 1 is 1.17 bits per heavy atom. The molecule has 0 fully saturated rings. The monoisotopic (exact) mass is 372 g/mol. The van der Waals surface area contributed by atoms with Crippen molar-refractivity contribution in [3.63, 3.8) is 0 Å². The Labute approximate surface area is 126 Å². The van der Waals surface area contributed by atoms with Gasteiger partial charge in [0.25, 0.3) is 0 Å². The Kier molecular flexibility index (Phi) is 4.65. The van der Waals surface area contributed by atoms with E-state index in [1.807, 2.05) is 49.4 Å². The maximum atomic E-state index is 10.3. The standard InChI is InChI=1S/C15H14ClIO/c1-10-5-4-7-12(15(10)17)14(18)9-11-6-2-3-8-13(11)16/h2-8,14,18H,9H2,1H3. The second kappa shape index (κ2) is 6.04. The number of hydrogen-bond donors (Lipinski definition) is 1. The molecule has 3 heteroatoms. The van der Waals surface area contributed by atoms with Gasteiger partial charge in [-0.15, -0.1) is 0 Å². The first-order valence-electron chi connectivity index (χ1n) is 5.76. The van der Waals surface area contributed by atoms with E-state index in [1.165, 1.54) is 5.56 Å². The SMILES string of the molecule is Cc1cccc(C(O)Cc2ccccc2Cl)c1I. The van der Waals surface area contributed by atoms with Gasteiger partial charge in [-0.05, 0) is 52.3 Å². The highest BCUT2D eigenvalue weighted by Gasteiger charge is 2.14. The lowest BCUT2D eigenvalue weighted by atomic mass is 10.00. The van der Waals surface area contributed by atoms with Crippen LogP contribution in [0.5, 0.6) is 0 Å². The summed E-state index contributed by atoms with van der Waals surface area (Å²) in [6, 6.07) is 13.6. The van der Waals surface area contributed by atoms with E-state index in [1.54, 1.807) is 0 Å². The van der Waals surface area contributed by atoms with Crippen molar-refractivity contribution in [3.8, 4) is 0 Å². The molecule has 1 N–H and O–H groups in total. The average Bonchev–Trinajstić information content (AvgIpc) is 2.35. The summed E-state index contributed by atoms with van der Waals surface area (Å²) in [6.07, 6.45) is 0.0239. The predicted octanol–water partition coefficient (Wildman–Crippen LogP) is 4.53. The van der Waals surface area contributed by atoms with E-state index in [9.17, 15) is 5.11 Å². The van der Waals surface area contributed by atoms with Gasteiger partial charge in [0.05, 0.1) is 6.10 Å². The minimum Gasteiger partial charge on any atom is -0.388 e. The second-order valence-corrected chi connectivity index (χ2v) is 5.78. The molecule has 94 valence electrons. The third kappa shape index (κ3) is 3.05. The molecule has 0 spiro atoms. The van der Waals surface area contributed by atoms with Crippen molar-refractivity contribution < 1.29 is 5.11 Å². The van der Waals surface area contributed by atoms with Gasteiger partial charge in [0, 0.05) is 15.0 Å². The van der Waals surface area contributed by atoms with Crippen molar-refractivity contribution in [2.75, 3.05) is 0 Å². The Bertz CT molecular complexity index is 554. The van der Waals surface area contributed by atoms with Crippen LogP contribution in [0.25, 0.3) is 0 Å². The number of aliphatic hydroxyl groups is 1. The molecule has 0 aromatic heterocycles. The normalized spacial score (nSPS) is 12.4. The van der Waals surface area contributed by atoms with E-state index in [2.05, 4.69) is 22.6 Å². The van der Waals surface area contributed by atoms with Crippen molar-refractivity contribution in [2.45, 2.75) is 19.4 Å². The third-order valence-electron chi connectivity index (χ3n) is 2.95. The number of benzene rings is 2. The van der Waals surface area contributed by atoms with Gasteiger partial charge in [-0.25, -0.2) is 0 Å². The molecule has 1 unspecified atom stereocenters. The fraction of sp³-hybridized carbons (Fsp3) is 0.200. The smallest absolute Gasteiger partial charge is 0.0841 e. The molecule has 0 aliphatic rings. The maximum Gasteiger partial charge on any atom is 0.0841 e. The number of rotatable bonds is 3. The molecular formula is C15H14ClIO. The van der Waals surface area contributed by atoms with Gasteiger partial charge < -0.3 is 5.11 Å². The van der Waals surface area contributed by atoms with E-state index >= 15 is 0 Å². The zero-order chi connectivity index (χ0) is 13.1. The topological polar surface area (TPSA) is 20.2 Å². The van der Waals surface area contributed by atoms with Crippen LogP contribution < -0.4 is 0 Å². The summed E-state index contributed by atoms with van der Waals surface area (Å²) < 4.78 is 1.12. The van der Waals surface area contributed by atoms with Gasteiger partial charge in [0.1, 0.15) is 0 Å². The van der Waals surface area contributed by atoms with Crippen molar-refractivity contribution in [1.82, 2.24) is 0 Å². The first-order valence-corrected chi connectivity index (χ1v) is 7.21. The highest BCUT2D eigenvalue weighted by atomic mass is 127. The minimum atomic E-state index is -0.517. The van der Waals surface area contributed by atoms with Crippen LogP contribution in [0, 0.1) is 10.5 Å². The molecule has 0 saturated carbocycles. The minimum absolute atomic E-state index is 0.517. The summed E-state index contributed by atoms with van der Waals surface area (Å²) in [6.45, 7) is 2.05. The van der Waals surface area contributed by atoms with E-state index in [0.717, 1.165) is 14.7 Å². The van der Waals surface area contributed by atoms with Crippen LogP contribution >= 0.6 is 34.2 Å². The Morgan fingerprint density at radius 2 is 1.89 bits per heavy atom. The Balaban J connectivity index is 2.25. The first kappa shape index (κ1) is 13.8. The molecule has 0 saturated heterocycles. The van der Waals surface area contributed by atoms with Crippen LogP contribution in [0.2, 0.25) is 5.02 Å². The number of aliphatic hydroxyl groups excluding tert-OH is 1. The Morgan fingerprint density at radius 3 is 2.61 bits per heavy atom. The lowest BCUT2D eigenvalue weighted by Gasteiger charge is -2.15. The fourth-order valence-corrected chi connectivity index (χ4v) is 2.84.